The summed E-state index contributed by atoms with van der Waals surface area (Å²) in [5.41, 5.74) is 1.31. The summed E-state index contributed by atoms with van der Waals surface area (Å²) in [6, 6.07) is 6.14. The Balaban J connectivity index is 1.26. The molecule has 1 saturated heterocycles. The molecular formula is C27H22F4N4O5. The molecule has 2 aliphatic heterocycles. The second kappa shape index (κ2) is 9.07. The van der Waals surface area contributed by atoms with Gasteiger partial charge in [-0.25, -0.2) is 14.1 Å². The van der Waals surface area contributed by atoms with E-state index in [1.807, 2.05) is 12.3 Å². The number of hydrogen-bond acceptors (Lipinski definition) is 6. The number of halogens is 4. The highest BCUT2D eigenvalue weighted by atomic mass is 19.4. The molecule has 0 radical (unpaired) electrons. The zero-order chi connectivity index (χ0) is 28.4. The first-order chi connectivity index (χ1) is 19.0. The first-order valence-corrected chi connectivity index (χ1v) is 12.4. The van der Waals surface area contributed by atoms with Crippen molar-refractivity contribution in [1.82, 2.24) is 19.6 Å². The van der Waals surface area contributed by atoms with Crippen LogP contribution in [0.4, 0.5) is 22.4 Å². The van der Waals surface area contributed by atoms with Crippen molar-refractivity contribution in [3.63, 3.8) is 0 Å². The molecule has 0 saturated carbocycles. The van der Waals surface area contributed by atoms with Crippen LogP contribution in [0.15, 0.2) is 48.8 Å². The minimum Gasteiger partial charge on any atom is -0.491 e. The van der Waals surface area contributed by atoms with Crippen LogP contribution in [0.1, 0.15) is 23.1 Å². The van der Waals surface area contributed by atoms with Crippen LogP contribution in [0.2, 0.25) is 0 Å². The topological polar surface area (TPSA) is 94.0 Å². The quantitative estimate of drug-likeness (QED) is 0.456. The number of aryl methyl sites for hydroxylation is 2. The normalized spacial score (nSPS) is 22.2. The first kappa shape index (κ1) is 25.8. The fourth-order valence-electron chi connectivity index (χ4n) is 5.53. The number of ether oxygens (including phenoxy) is 2. The Morgan fingerprint density at radius 3 is 2.65 bits per heavy atom. The zero-order valence-corrected chi connectivity index (χ0v) is 21.1. The predicted octanol–water partition coefficient (Wildman–Crippen LogP) is 3.70. The van der Waals surface area contributed by atoms with Crippen LogP contribution in [0.5, 0.6) is 5.75 Å². The zero-order valence-electron chi connectivity index (χ0n) is 21.1. The number of alkyl halides is 3. The van der Waals surface area contributed by atoms with Crippen LogP contribution in [-0.2, 0) is 39.9 Å². The van der Waals surface area contributed by atoms with Gasteiger partial charge in [0.1, 0.15) is 24.7 Å². The number of imide groups is 1. The van der Waals surface area contributed by atoms with E-state index in [4.69, 9.17) is 9.47 Å². The van der Waals surface area contributed by atoms with Gasteiger partial charge in [0.2, 0.25) is 11.5 Å². The van der Waals surface area contributed by atoms with Crippen molar-refractivity contribution in [2.45, 2.75) is 37.2 Å². The minimum absolute atomic E-state index is 0.00905. The summed E-state index contributed by atoms with van der Waals surface area (Å²) >= 11 is 0. The molecule has 3 amide bonds. The van der Waals surface area contributed by atoms with Crippen LogP contribution in [0.25, 0.3) is 11.1 Å². The molecule has 6 rings (SSSR count). The summed E-state index contributed by atoms with van der Waals surface area (Å²) in [5.74, 6) is -2.68. The van der Waals surface area contributed by atoms with E-state index in [1.54, 1.807) is 30.1 Å². The second-order valence-electron chi connectivity index (χ2n) is 10.0. The Hall–Kier alpha value is -4.42. The van der Waals surface area contributed by atoms with Gasteiger partial charge >= 0.3 is 12.3 Å². The van der Waals surface area contributed by atoms with Gasteiger partial charge in [-0.05, 0) is 35.7 Å². The van der Waals surface area contributed by atoms with Gasteiger partial charge in [-0.2, -0.15) is 18.3 Å². The summed E-state index contributed by atoms with van der Waals surface area (Å²) in [7, 11) is 1.78. The number of rotatable bonds is 3. The Morgan fingerprint density at radius 2 is 1.93 bits per heavy atom. The summed E-state index contributed by atoms with van der Waals surface area (Å²) in [5, 5.41) is 4.15. The lowest BCUT2D eigenvalue weighted by molar-refractivity contribution is -0.195. The number of carbonyl (C=O) groups is 3. The van der Waals surface area contributed by atoms with Crippen molar-refractivity contribution in [3.8, 4) is 16.9 Å². The summed E-state index contributed by atoms with van der Waals surface area (Å²) in [6.07, 6.45) is -1.95. The van der Waals surface area contributed by atoms with Gasteiger partial charge in [0.15, 0.2) is 6.04 Å². The lowest BCUT2D eigenvalue weighted by Gasteiger charge is -2.31. The maximum atomic E-state index is 13.9. The van der Waals surface area contributed by atoms with Gasteiger partial charge in [-0.1, -0.05) is 18.2 Å². The van der Waals surface area contributed by atoms with E-state index < -0.39 is 61.2 Å². The molecule has 2 atom stereocenters. The molecule has 3 heterocycles. The van der Waals surface area contributed by atoms with E-state index in [0.29, 0.717) is 21.8 Å². The molecule has 1 aliphatic carbocycles. The van der Waals surface area contributed by atoms with E-state index in [0.717, 1.165) is 28.8 Å². The average molecular weight is 558 g/mol. The van der Waals surface area contributed by atoms with Gasteiger partial charge in [-0.3, -0.25) is 14.3 Å². The summed E-state index contributed by atoms with van der Waals surface area (Å²) in [4.78, 5) is 40.7. The highest BCUT2D eigenvalue weighted by molar-refractivity contribution is 6.06. The third kappa shape index (κ3) is 4.16. The van der Waals surface area contributed by atoms with Crippen molar-refractivity contribution < 1.29 is 41.4 Å². The smallest absolute Gasteiger partial charge is 0.418 e. The lowest BCUT2D eigenvalue weighted by atomic mass is 9.93. The highest BCUT2D eigenvalue weighted by Crippen LogP contribution is 2.46. The van der Waals surface area contributed by atoms with Crippen LogP contribution in [0, 0.1) is 5.82 Å². The van der Waals surface area contributed by atoms with Crippen molar-refractivity contribution in [2.24, 2.45) is 7.05 Å². The molecule has 9 nitrogen and oxygen atoms in total. The molecule has 208 valence electrons. The number of carbonyl (C=O) groups excluding carboxylic acids is 3. The van der Waals surface area contributed by atoms with Gasteiger partial charge in [0.25, 0.3) is 5.91 Å². The molecule has 3 aromatic rings. The van der Waals surface area contributed by atoms with Gasteiger partial charge in [0, 0.05) is 36.4 Å². The van der Waals surface area contributed by atoms with Gasteiger partial charge < -0.3 is 14.4 Å². The lowest BCUT2D eigenvalue weighted by Crippen LogP contribution is -2.53. The van der Waals surface area contributed by atoms with E-state index in [9.17, 15) is 31.9 Å². The summed E-state index contributed by atoms with van der Waals surface area (Å²) < 4.78 is 68.1. The number of amides is 3. The standard InChI is InChI=1S/C27H22F4N4O5/c1-33-11-18(10-32-33)15-2-4-20-16(8-15)6-7-26(20)24(37)35(25(38)40-26)13-23(36)34-12-17-9-19(28)3-5-21(17)39-14-22(34)27(29,30)31/h2-5,8-11,22H,6-7,12-14H2,1H3/t22-,26-/m0/s1. The predicted molar refractivity (Wildman–Crippen MR) is 129 cm³/mol. The van der Waals surface area contributed by atoms with E-state index in [-0.39, 0.29) is 17.7 Å². The molecule has 1 fully saturated rings. The van der Waals surface area contributed by atoms with Crippen molar-refractivity contribution in [1.29, 1.82) is 0 Å². The maximum Gasteiger partial charge on any atom is 0.418 e. The Bertz CT molecular complexity index is 1550. The molecule has 0 unspecified atom stereocenters. The van der Waals surface area contributed by atoms with E-state index in [2.05, 4.69) is 5.10 Å². The maximum absolute atomic E-state index is 13.9. The number of fused-ring (bicyclic) bond motifs is 3. The fraction of sp³-hybridized carbons (Fsp3) is 0.333. The van der Waals surface area contributed by atoms with Crippen molar-refractivity contribution in [3.05, 3.63) is 71.3 Å². The van der Waals surface area contributed by atoms with Gasteiger partial charge in [0.05, 0.1) is 12.7 Å². The third-order valence-electron chi connectivity index (χ3n) is 7.53. The fourth-order valence-corrected chi connectivity index (χ4v) is 5.53. The van der Waals surface area contributed by atoms with Gasteiger partial charge in [-0.15, -0.1) is 0 Å². The van der Waals surface area contributed by atoms with E-state index >= 15 is 0 Å². The number of hydrogen-bond donors (Lipinski definition) is 0. The SMILES string of the molecule is Cn1cc(-c2ccc3c(c2)CC[C@]32OC(=O)N(CC(=O)N3Cc4cc(F)ccc4OC[C@H]3C(F)(F)F)C2=O)cn1. The van der Waals surface area contributed by atoms with E-state index in [1.165, 1.54) is 6.07 Å². The molecule has 13 heteroatoms. The molecule has 1 aromatic heterocycles. The average Bonchev–Trinajstić information content (AvgIpc) is 3.51. The minimum atomic E-state index is -4.89. The molecule has 40 heavy (non-hydrogen) atoms. The number of benzene rings is 2. The molecular weight excluding hydrogens is 536 g/mol. The van der Waals surface area contributed by atoms with Crippen molar-refractivity contribution in [2.75, 3.05) is 13.2 Å². The highest BCUT2D eigenvalue weighted by Gasteiger charge is 2.59. The van der Waals surface area contributed by atoms with Crippen LogP contribution in [-0.4, -0.2) is 62.9 Å². The monoisotopic (exact) mass is 558 g/mol. The van der Waals surface area contributed by atoms with Crippen LogP contribution >= 0.6 is 0 Å². The Morgan fingerprint density at radius 1 is 1.12 bits per heavy atom. The largest absolute Gasteiger partial charge is 0.491 e. The molecule has 0 bridgehead atoms. The van der Waals surface area contributed by atoms with Crippen molar-refractivity contribution >= 4 is 17.9 Å². The number of nitrogens with zero attached hydrogens (tertiary/aromatic N) is 4. The van der Waals surface area contributed by atoms with Crippen LogP contribution < -0.4 is 4.74 Å². The number of aromatic nitrogens is 2. The summed E-state index contributed by atoms with van der Waals surface area (Å²) in [6.45, 7) is -2.53. The van der Waals surface area contributed by atoms with Crippen LogP contribution in [0.3, 0.4) is 0 Å². The molecule has 0 N–H and O–H groups in total. The first-order valence-electron chi connectivity index (χ1n) is 12.4. The molecule has 1 spiro atoms. The Kier molecular flexibility index (Phi) is 5.86. The second-order valence-corrected chi connectivity index (χ2v) is 10.0. The Labute approximate surface area is 224 Å². The third-order valence-corrected chi connectivity index (χ3v) is 7.53. The molecule has 3 aliphatic rings. The molecule has 2 aromatic carbocycles.